The maximum atomic E-state index is 13.6. The summed E-state index contributed by atoms with van der Waals surface area (Å²) in [6, 6.07) is 2.51. The number of nitrogens with one attached hydrogen (secondary N) is 2. The van der Waals surface area contributed by atoms with E-state index in [-0.39, 0.29) is 12.1 Å². The van der Waals surface area contributed by atoms with Crippen LogP contribution in [0.4, 0.5) is 10.1 Å². The molecule has 0 spiro atoms. The molecule has 0 aromatic heterocycles. The summed E-state index contributed by atoms with van der Waals surface area (Å²) >= 11 is 0. The van der Waals surface area contributed by atoms with Crippen LogP contribution in [0.2, 0.25) is 0 Å². The summed E-state index contributed by atoms with van der Waals surface area (Å²) in [4.78, 5) is 11.4. The molecule has 0 bridgehead atoms. The van der Waals surface area contributed by atoms with Gasteiger partial charge in [0.15, 0.2) is 0 Å². The van der Waals surface area contributed by atoms with Crippen LogP contribution in [0.3, 0.4) is 0 Å². The Kier molecular flexibility index (Phi) is 4.35. The van der Waals surface area contributed by atoms with Crippen LogP contribution in [-0.4, -0.2) is 26.6 Å². The zero-order valence-corrected chi connectivity index (χ0v) is 9.63. The van der Waals surface area contributed by atoms with E-state index < -0.39 is 11.7 Å². The Morgan fingerprint density at radius 1 is 1.59 bits per heavy atom. The van der Waals surface area contributed by atoms with Crippen molar-refractivity contribution in [1.29, 1.82) is 0 Å². The molecule has 0 unspecified atom stereocenters. The summed E-state index contributed by atoms with van der Waals surface area (Å²) in [7, 11) is 2.86. The summed E-state index contributed by atoms with van der Waals surface area (Å²) in [5, 5.41) is 5.15. The molecule has 0 radical (unpaired) electrons. The Hall–Kier alpha value is -2.22. The lowest BCUT2D eigenvalue weighted by Gasteiger charge is -2.11. The molecule has 2 N–H and O–H groups in total. The minimum absolute atomic E-state index is 0.0735. The van der Waals surface area contributed by atoms with E-state index in [4.69, 9.17) is 11.2 Å². The number of ether oxygens (including phenoxy) is 1. The lowest BCUT2D eigenvalue weighted by molar-refractivity contribution is 0.0959. The standard InChI is InChI=1S/C12H13FN2O2/c1-4-5-15-10-7-9(13)8(12(16)14-2)6-11(10)17-3/h1,6-7,15H,5H2,2-3H3,(H,14,16). The second kappa shape index (κ2) is 5.75. The van der Waals surface area contributed by atoms with Crippen LogP contribution in [0, 0.1) is 18.2 Å². The van der Waals surface area contributed by atoms with E-state index in [2.05, 4.69) is 16.6 Å². The van der Waals surface area contributed by atoms with Gasteiger partial charge in [0, 0.05) is 13.1 Å². The first-order valence-electron chi connectivity index (χ1n) is 4.91. The molecule has 0 atom stereocenters. The van der Waals surface area contributed by atoms with Crippen molar-refractivity contribution in [2.45, 2.75) is 0 Å². The van der Waals surface area contributed by atoms with Gasteiger partial charge in [0.1, 0.15) is 11.6 Å². The number of carbonyl (C=O) groups excluding carboxylic acids is 1. The van der Waals surface area contributed by atoms with Crippen molar-refractivity contribution in [2.75, 3.05) is 26.0 Å². The molecule has 1 rings (SSSR count). The van der Waals surface area contributed by atoms with Crippen LogP contribution in [0.1, 0.15) is 10.4 Å². The van der Waals surface area contributed by atoms with Gasteiger partial charge in [-0.2, -0.15) is 0 Å². The van der Waals surface area contributed by atoms with Gasteiger partial charge in [-0.25, -0.2) is 4.39 Å². The molecule has 90 valence electrons. The van der Waals surface area contributed by atoms with Gasteiger partial charge in [-0.05, 0) is 6.07 Å². The highest BCUT2D eigenvalue weighted by Crippen LogP contribution is 2.27. The monoisotopic (exact) mass is 236 g/mol. The predicted molar refractivity (Wildman–Crippen MR) is 63.7 cm³/mol. The Bertz CT molecular complexity index is 466. The van der Waals surface area contributed by atoms with Crippen molar-refractivity contribution in [2.24, 2.45) is 0 Å². The Labute approximate surface area is 99.2 Å². The highest BCUT2D eigenvalue weighted by molar-refractivity contribution is 5.95. The van der Waals surface area contributed by atoms with Gasteiger partial charge in [-0.3, -0.25) is 4.79 Å². The number of amides is 1. The van der Waals surface area contributed by atoms with Gasteiger partial charge >= 0.3 is 0 Å². The predicted octanol–water partition coefficient (Wildman–Crippen LogP) is 1.24. The van der Waals surface area contributed by atoms with Gasteiger partial charge < -0.3 is 15.4 Å². The quantitative estimate of drug-likeness (QED) is 0.773. The topological polar surface area (TPSA) is 50.4 Å². The first-order valence-corrected chi connectivity index (χ1v) is 4.91. The first-order chi connectivity index (χ1) is 8.13. The molecule has 0 saturated heterocycles. The van der Waals surface area contributed by atoms with E-state index in [1.807, 2.05) is 0 Å². The molecule has 0 aliphatic heterocycles. The van der Waals surface area contributed by atoms with Crippen LogP contribution in [-0.2, 0) is 0 Å². The van der Waals surface area contributed by atoms with E-state index in [1.165, 1.54) is 26.3 Å². The molecule has 0 heterocycles. The molecular formula is C12H13FN2O2. The molecule has 0 fully saturated rings. The molecule has 0 aliphatic carbocycles. The van der Waals surface area contributed by atoms with E-state index in [9.17, 15) is 9.18 Å². The van der Waals surface area contributed by atoms with Crippen LogP contribution in [0.5, 0.6) is 5.75 Å². The number of halogens is 1. The van der Waals surface area contributed by atoms with Crippen LogP contribution >= 0.6 is 0 Å². The molecule has 0 saturated carbocycles. The highest BCUT2D eigenvalue weighted by atomic mass is 19.1. The zero-order valence-electron chi connectivity index (χ0n) is 9.63. The van der Waals surface area contributed by atoms with E-state index in [0.717, 1.165) is 0 Å². The third kappa shape index (κ3) is 2.88. The molecule has 17 heavy (non-hydrogen) atoms. The van der Waals surface area contributed by atoms with E-state index in [1.54, 1.807) is 0 Å². The number of terminal acetylenes is 1. The minimum Gasteiger partial charge on any atom is -0.495 e. The van der Waals surface area contributed by atoms with Crippen LogP contribution in [0.25, 0.3) is 0 Å². The van der Waals surface area contributed by atoms with Crippen molar-refractivity contribution < 1.29 is 13.9 Å². The number of methoxy groups -OCH3 is 1. The molecule has 1 aromatic rings. The number of hydrogen-bond donors (Lipinski definition) is 2. The second-order valence-electron chi connectivity index (χ2n) is 3.17. The maximum Gasteiger partial charge on any atom is 0.254 e. The number of benzene rings is 1. The van der Waals surface area contributed by atoms with Gasteiger partial charge in [0.2, 0.25) is 0 Å². The van der Waals surface area contributed by atoms with Gasteiger partial charge in [-0.1, -0.05) is 5.92 Å². The van der Waals surface area contributed by atoms with Gasteiger partial charge in [0.05, 0.1) is 24.9 Å². The fourth-order valence-electron chi connectivity index (χ4n) is 1.32. The van der Waals surface area contributed by atoms with Crippen molar-refractivity contribution >= 4 is 11.6 Å². The van der Waals surface area contributed by atoms with E-state index in [0.29, 0.717) is 11.4 Å². The third-order valence-electron chi connectivity index (χ3n) is 2.14. The van der Waals surface area contributed by atoms with Gasteiger partial charge in [0.25, 0.3) is 5.91 Å². The number of hydrogen-bond acceptors (Lipinski definition) is 3. The minimum atomic E-state index is -0.635. The van der Waals surface area contributed by atoms with Crippen molar-refractivity contribution in [3.05, 3.63) is 23.5 Å². The Morgan fingerprint density at radius 3 is 2.82 bits per heavy atom. The molecule has 5 heteroatoms. The van der Waals surface area contributed by atoms with Crippen LogP contribution in [0.15, 0.2) is 12.1 Å². The third-order valence-corrected chi connectivity index (χ3v) is 2.14. The highest BCUT2D eigenvalue weighted by Gasteiger charge is 2.15. The number of rotatable bonds is 4. The Balaban J connectivity index is 3.15. The average molecular weight is 236 g/mol. The fourth-order valence-corrected chi connectivity index (χ4v) is 1.32. The SMILES string of the molecule is C#CCNc1cc(F)c(C(=O)NC)cc1OC. The fraction of sp³-hybridized carbons (Fsp3) is 0.250. The van der Waals surface area contributed by atoms with Crippen LogP contribution < -0.4 is 15.4 Å². The summed E-state index contributed by atoms with van der Waals surface area (Å²) < 4.78 is 18.7. The maximum absolute atomic E-state index is 13.6. The number of carbonyl (C=O) groups is 1. The lowest BCUT2D eigenvalue weighted by Crippen LogP contribution is -2.19. The summed E-state index contributed by atoms with van der Waals surface area (Å²) in [6.45, 7) is 0.245. The smallest absolute Gasteiger partial charge is 0.254 e. The number of anilines is 1. The van der Waals surface area contributed by atoms with Crippen molar-refractivity contribution in [3.63, 3.8) is 0 Å². The lowest BCUT2D eigenvalue weighted by atomic mass is 10.1. The first kappa shape index (κ1) is 12.8. The normalized spacial score (nSPS) is 9.29. The molecule has 1 amide bonds. The average Bonchev–Trinajstić information content (AvgIpc) is 2.35. The van der Waals surface area contributed by atoms with Crippen molar-refractivity contribution in [1.82, 2.24) is 5.32 Å². The molecule has 1 aromatic carbocycles. The second-order valence-corrected chi connectivity index (χ2v) is 3.17. The molecule has 0 aliphatic rings. The summed E-state index contributed by atoms with van der Waals surface area (Å²) in [5.41, 5.74) is 0.339. The van der Waals surface area contributed by atoms with Crippen molar-refractivity contribution in [3.8, 4) is 18.1 Å². The largest absolute Gasteiger partial charge is 0.495 e. The summed E-state index contributed by atoms with van der Waals surface area (Å²) in [5.74, 6) is 1.58. The molecule has 4 nitrogen and oxygen atoms in total. The van der Waals surface area contributed by atoms with Gasteiger partial charge in [-0.15, -0.1) is 6.42 Å². The summed E-state index contributed by atoms with van der Waals surface area (Å²) in [6.07, 6.45) is 5.09. The van der Waals surface area contributed by atoms with E-state index >= 15 is 0 Å². The zero-order chi connectivity index (χ0) is 12.8. The Morgan fingerprint density at radius 2 is 2.29 bits per heavy atom. The molecular weight excluding hydrogens is 223 g/mol.